The summed E-state index contributed by atoms with van der Waals surface area (Å²) in [5, 5.41) is 0. The van der Waals surface area contributed by atoms with Crippen LogP contribution in [0.4, 0.5) is 18.9 Å². The number of ether oxygens (including phenoxy) is 2. The van der Waals surface area contributed by atoms with Crippen LogP contribution in [0.2, 0.25) is 0 Å². The van der Waals surface area contributed by atoms with Crippen molar-refractivity contribution in [3.05, 3.63) is 54.1 Å². The quantitative estimate of drug-likeness (QED) is 0.855. The number of hydrogen-bond donors (Lipinski definition) is 1. The molecule has 2 aromatic rings. The number of hydrogen-bond acceptors (Lipinski definition) is 3. The van der Waals surface area contributed by atoms with Crippen LogP contribution in [0.25, 0.3) is 0 Å². The molecule has 0 aliphatic carbocycles. The van der Waals surface area contributed by atoms with Crippen molar-refractivity contribution in [3.63, 3.8) is 0 Å². The Balaban J connectivity index is 2.03. The van der Waals surface area contributed by atoms with Gasteiger partial charge in [-0.25, -0.2) is 0 Å². The Kier molecular flexibility index (Phi) is 4.26. The Labute approximate surface area is 120 Å². The predicted molar refractivity (Wildman–Crippen MR) is 73.0 cm³/mol. The normalized spacial score (nSPS) is 12.8. The van der Waals surface area contributed by atoms with Crippen LogP contribution in [0.5, 0.6) is 11.5 Å². The van der Waals surface area contributed by atoms with Gasteiger partial charge in [0.1, 0.15) is 17.6 Å². The molecule has 0 heterocycles. The maximum absolute atomic E-state index is 12.0. The number of alkyl halides is 3. The molecule has 0 saturated carbocycles. The second kappa shape index (κ2) is 5.95. The number of nitrogen functional groups attached to an aromatic ring is 1. The van der Waals surface area contributed by atoms with Crippen molar-refractivity contribution in [2.75, 3.05) is 5.73 Å². The molecule has 3 nitrogen and oxygen atoms in total. The van der Waals surface area contributed by atoms with Crippen LogP contribution in [0.3, 0.4) is 0 Å². The average molecular weight is 297 g/mol. The molecule has 2 aromatic carbocycles. The van der Waals surface area contributed by atoms with Crippen LogP contribution in [0.1, 0.15) is 18.6 Å². The van der Waals surface area contributed by atoms with Crippen LogP contribution in [-0.4, -0.2) is 6.36 Å². The van der Waals surface area contributed by atoms with E-state index in [0.717, 1.165) is 5.56 Å². The molecule has 0 bridgehead atoms. The van der Waals surface area contributed by atoms with Crippen molar-refractivity contribution in [3.8, 4) is 11.5 Å². The van der Waals surface area contributed by atoms with E-state index in [1.165, 1.54) is 24.3 Å². The maximum atomic E-state index is 12.0. The standard InChI is InChI=1S/C15H14F3NO2/c1-10(11-3-2-4-12(19)9-11)20-13-5-7-14(8-6-13)21-15(16,17)18/h2-10H,19H2,1H3. The van der Waals surface area contributed by atoms with Crippen LogP contribution >= 0.6 is 0 Å². The average Bonchev–Trinajstić information content (AvgIpc) is 2.39. The van der Waals surface area contributed by atoms with Gasteiger partial charge in [0.05, 0.1) is 0 Å². The van der Waals surface area contributed by atoms with E-state index >= 15 is 0 Å². The molecule has 0 saturated heterocycles. The monoisotopic (exact) mass is 297 g/mol. The first-order valence-corrected chi connectivity index (χ1v) is 6.21. The van der Waals surface area contributed by atoms with E-state index in [2.05, 4.69) is 4.74 Å². The van der Waals surface area contributed by atoms with Crippen molar-refractivity contribution in [2.45, 2.75) is 19.4 Å². The fraction of sp³-hybridized carbons (Fsp3) is 0.200. The molecule has 0 fully saturated rings. The largest absolute Gasteiger partial charge is 0.573 e. The Hall–Kier alpha value is -2.37. The molecule has 0 aromatic heterocycles. The molecule has 0 aliphatic rings. The summed E-state index contributed by atoms with van der Waals surface area (Å²) in [6, 6.07) is 12.5. The molecule has 1 atom stereocenters. The minimum absolute atomic E-state index is 0.275. The highest BCUT2D eigenvalue weighted by Gasteiger charge is 2.30. The smallest absolute Gasteiger partial charge is 0.486 e. The van der Waals surface area contributed by atoms with Gasteiger partial charge in [0.15, 0.2) is 0 Å². The van der Waals surface area contributed by atoms with E-state index in [1.807, 2.05) is 19.1 Å². The van der Waals surface area contributed by atoms with Crippen LogP contribution in [0, 0.1) is 0 Å². The lowest BCUT2D eigenvalue weighted by atomic mass is 10.1. The van der Waals surface area contributed by atoms with Gasteiger partial charge in [0.2, 0.25) is 0 Å². The van der Waals surface area contributed by atoms with Gasteiger partial charge >= 0.3 is 6.36 Å². The summed E-state index contributed by atoms with van der Waals surface area (Å²) in [5.41, 5.74) is 7.19. The summed E-state index contributed by atoms with van der Waals surface area (Å²) in [5.74, 6) is 0.158. The van der Waals surface area contributed by atoms with Gasteiger partial charge < -0.3 is 15.2 Å². The third-order valence-electron chi connectivity index (χ3n) is 2.75. The maximum Gasteiger partial charge on any atom is 0.573 e. The molecule has 0 amide bonds. The van der Waals surface area contributed by atoms with Gasteiger partial charge in [0, 0.05) is 5.69 Å². The molecular formula is C15H14F3NO2. The van der Waals surface area contributed by atoms with Crippen molar-refractivity contribution in [2.24, 2.45) is 0 Å². The SMILES string of the molecule is CC(Oc1ccc(OC(F)(F)F)cc1)c1cccc(N)c1. The van der Waals surface area contributed by atoms with Gasteiger partial charge in [0.25, 0.3) is 0 Å². The Morgan fingerprint density at radius 2 is 1.62 bits per heavy atom. The van der Waals surface area contributed by atoms with E-state index in [9.17, 15) is 13.2 Å². The zero-order valence-corrected chi connectivity index (χ0v) is 11.2. The van der Waals surface area contributed by atoms with Crippen molar-refractivity contribution in [1.82, 2.24) is 0 Å². The van der Waals surface area contributed by atoms with Gasteiger partial charge in [-0.15, -0.1) is 13.2 Å². The molecule has 1 unspecified atom stereocenters. The highest BCUT2D eigenvalue weighted by atomic mass is 19.4. The molecule has 0 radical (unpaired) electrons. The third-order valence-corrected chi connectivity index (χ3v) is 2.75. The number of nitrogens with two attached hydrogens (primary N) is 1. The Bertz CT molecular complexity index is 597. The predicted octanol–water partition coefficient (Wildman–Crippen LogP) is 4.31. The molecule has 0 aliphatic heterocycles. The number of anilines is 1. The van der Waals surface area contributed by atoms with E-state index in [4.69, 9.17) is 10.5 Å². The summed E-state index contributed by atoms with van der Waals surface area (Å²) in [7, 11) is 0. The molecule has 2 N–H and O–H groups in total. The summed E-state index contributed by atoms with van der Waals surface area (Å²) in [6.45, 7) is 1.83. The van der Waals surface area contributed by atoms with Gasteiger partial charge in [-0.05, 0) is 48.9 Å². The fourth-order valence-corrected chi connectivity index (χ4v) is 1.80. The second-order valence-electron chi connectivity index (χ2n) is 4.45. The second-order valence-corrected chi connectivity index (χ2v) is 4.45. The first-order valence-electron chi connectivity index (χ1n) is 6.21. The van der Waals surface area contributed by atoms with Crippen LogP contribution in [0.15, 0.2) is 48.5 Å². The summed E-state index contributed by atoms with van der Waals surface area (Å²) >= 11 is 0. The molecule has 2 rings (SSSR count). The van der Waals surface area contributed by atoms with Crippen molar-refractivity contribution in [1.29, 1.82) is 0 Å². The van der Waals surface area contributed by atoms with E-state index in [0.29, 0.717) is 11.4 Å². The minimum atomic E-state index is -4.70. The molecule has 6 heteroatoms. The van der Waals surface area contributed by atoms with Gasteiger partial charge in [-0.2, -0.15) is 0 Å². The van der Waals surface area contributed by atoms with Crippen molar-refractivity contribution < 1.29 is 22.6 Å². The third kappa shape index (κ3) is 4.59. The summed E-state index contributed by atoms with van der Waals surface area (Å²) in [6.07, 6.45) is -4.97. The van der Waals surface area contributed by atoms with E-state index in [-0.39, 0.29) is 11.9 Å². The highest BCUT2D eigenvalue weighted by Crippen LogP contribution is 2.27. The van der Waals surface area contributed by atoms with E-state index < -0.39 is 6.36 Å². The topological polar surface area (TPSA) is 44.5 Å². The molecule has 0 spiro atoms. The highest BCUT2D eigenvalue weighted by molar-refractivity contribution is 5.41. The Morgan fingerprint density at radius 1 is 1.00 bits per heavy atom. The minimum Gasteiger partial charge on any atom is -0.486 e. The van der Waals surface area contributed by atoms with Gasteiger partial charge in [-0.3, -0.25) is 0 Å². The summed E-state index contributed by atoms with van der Waals surface area (Å²) in [4.78, 5) is 0. The van der Waals surface area contributed by atoms with Crippen LogP contribution in [-0.2, 0) is 0 Å². The zero-order valence-electron chi connectivity index (χ0n) is 11.2. The zero-order chi connectivity index (χ0) is 15.5. The molecular weight excluding hydrogens is 283 g/mol. The lowest BCUT2D eigenvalue weighted by Crippen LogP contribution is -2.17. The number of halogens is 3. The first-order chi connectivity index (χ1) is 9.83. The Morgan fingerprint density at radius 3 is 2.19 bits per heavy atom. The fourth-order valence-electron chi connectivity index (χ4n) is 1.80. The lowest BCUT2D eigenvalue weighted by molar-refractivity contribution is -0.274. The molecule has 112 valence electrons. The molecule has 21 heavy (non-hydrogen) atoms. The first kappa shape index (κ1) is 15.0. The van der Waals surface area contributed by atoms with E-state index in [1.54, 1.807) is 12.1 Å². The number of rotatable bonds is 4. The van der Waals surface area contributed by atoms with Gasteiger partial charge in [-0.1, -0.05) is 12.1 Å². The number of benzene rings is 2. The summed E-state index contributed by atoms with van der Waals surface area (Å²) < 4.78 is 45.6. The lowest BCUT2D eigenvalue weighted by Gasteiger charge is -2.16. The van der Waals surface area contributed by atoms with Crippen molar-refractivity contribution >= 4 is 5.69 Å². The van der Waals surface area contributed by atoms with Crippen LogP contribution < -0.4 is 15.2 Å².